The first kappa shape index (κ1) is 19.4. The summed E-state index contributed by atoms with van der Waals surface area (Å²) in [6.45, 7) is 6.83. The molecule has 1 aliphatic rings. The van der Waals surface area contributed by atoms with Gasteiger partial charge in [-0.2, -0.15) is 0 Å². The van der Waals surface area contributed by atoms with Gasteiger partial charge >= 0.3 is 0 Å². The van der Waals surface area contributed by atoms with Crippen LogP contribution in [0.4, 0.5) is 0 Å². The highest BCUT2D eigenvalue weighted by Crippen LogP contribution is 2.20. The van der Waals surface area contributed by atoms with Crippen molar-refractivity contribution < 1.29 is 0 Å². The van der Waals surface area contributed by atoms with Crippen molar-refractivity contribution in [3.63, 3.8) is 0 Å². The Kier molecular flexibility index (Phi) is 7.66. The SMILES string of the molecule is CCNC(=NCC1CCCN1Cc1ccccc1)NCCc1ccccn1. The van der Waals surface area contributed by atoms with Crippen molar-refractivity contribution in [2.24, 2.45) is 4.99 Å². The van der Waals surface area contributed by atoms with Gasteiger partial charge in [-0.15, -0.1) is 0 Å². The van der Waals surface area contributed by atoms with Gasteiger partial charge in [-0.25, -0.2) is 0 Å². The summed E-state index contributed by atoms with van der Waals surface area (Å²) in [5.74, 6) is 0.903. The van der Waals surface area contributed by atoms with Crippen molar-refractivity contribution in [3.05, 3.63) is 66.0 Å². The second-order valence-corrected chi connectivity index (χ2v) is 6.97. The highest BCUT2D eigenvalue weighted by Gasteiger charge is 2.24. The molecule has 0 radical (unpaired) electrons. The number of guanidine groups is 1. The van der Waals surface area contributed by atoms with E-state index in [2.05, 4.69) is 63.8 Å². The monoisotopic (exact) mass is 365 g/mol. The van der Waals surface area contributed by atoms with Gasteiger partial charge in [0.25, 0.3) is 0 Å². The molecule has 0 amide bonds. The molecule has 1 aromatic carbocycles. The number of rotatable bonds is 8. The van der Waals surface area contributed by atoms with Crippen LogP contribution in [0.25, 0.3) is 0 Å². The van der Waals surface area contributed by atoms with Crippen LogP contribution < -0.4 is 10.6 Å². The Labute approximate surface area is 162 Å². The standard InChI is InChI=1S/C22H31N5/c1-2-23-22(25-15-13-20-11-6-7-14-24-20)26-17-21-12-8-16-27(21)18-19-9-4-3-5-10-19/h3-7,9-11,14,21H,2,8,12-13,15-18H2,1H3,(H2,23,25,26). The van der Waals surface area contributed by atoms with E-state index < -0.39 is 0 Å². The fourth-order valence-corrected chi connectivity index (χ4v) is 3.52. The summed E-state index contributed by atoms with van der Waals surface area (Å²) in [6, 6.07) is 17.3. The van der Waals surface area contributed by atoms with Gasteiger partial charge in [0, 0.05) is 44.0 Å². The molecule has 5 heteroatoms. The quantitative estimate of drug-likeness (QED) is 0.558. The summed E-state index contributed by atoms with van der Waals surface area (Å²) in [6.07, 6.45) is 5.23. The molecule has 1 atom stereocenters. The van der Waals surface area contributed by atoms with Gasteiger partial charge in [-0.1, -0.05) is 36.4 Å². The van der Waals surface area contributed by atoms with E-state index in [0.29, 0.717) is 6.04 Å². The van der Waals surface area contributed by atoms with Crippen LogP contribution in [0.2, 0.25) is 0 Å². The van der Waals surface area contributed by atoms with Gasteiger partial charge in [-0.3, -0.25) is 14.9 Å². The Morgan fingerprint density at radius 2 is 2.00 bits per heavy atom. The van der Waals surface area contributed by atoms with E-state index >= 15 is 0 Å². The molecular weight excluding hydrogens is 334 g/mol. The minimum absolute atomic E-state index is 0.524. The fourth-order valence-electron chi connectivity index (χ4n) is 3.52. The second kappa shape index (κ2) is 10.7. The van der Waals surface area contributed by atoms with E-state index in [1.54, 1.807) is 0 Å². The molecule has 2 heterocycles. The van der Waals surface area contributed by atoms with E-state index in [-0.39, 0.29) is 0 Å². The predicted molar refractivity (Wildman–Crippen MR) is 112 cm³/mol. The van der Waals surface area contributed by atoms with Gasteiger partial charge in [0.2, 0.25) is 0 Å². The van der Waals surface area contributed by atoms with Crippen LogP contribution in [-0.4, -0.2) is 48.1 Å². The molecular formula is C22H31N5. The Hall–Kier alpha value is -2.40. The van der Waals surface area contributed by atoms with E-state index in [1.165, 1.54) is 24.9 Å². The maximum absolute atomic E-state index is 4.85. The molecule has 1 fully saturated rings. The lowest BCUT2D eigenvalue weighted by atomic mass is 10.2. The molecule has 1 saturated heterocycles. The molecule has 27 heavy (non-hydrogen) atoms. The molecule has 0 bridgehead atoms. The number of aromatic nitrogens is 1. The second-order valence-electron chi connectivity index (χ2n) is 6.97. The minimum atomic E-state index is 0.524. The van der Waals surface area contributed by atoms with Gasteiger partial charge in [0.1, 0.15) is 0 Å². The third kappa shape index (κ3) is 6.36. The summed E-state index contributed by atoms with van der Waals surface area (Å²) >= 11 is 0. The number of nitrogens with zero attached hydrogens (tertiary/aromatic N) is 3. The fraction of sp³-hybridized carbons (Fsp3) is 0.455. The molecule has 1 aromatic heterocycles. The zero-order valence-electron chi connectivity index (χ0n) is 16.3. The van der Waals surface area contributed by atoms with Crippen LogP contribution in [0.15, 0.2) is 59.7 Å². The smallest absolute Gasteiger partial charge is 0.191 e. The molecule has 1 unspecified atom stereocenters. The molecule has 144 valence electrons. The molecule has 0 aliphatic carbocycles. The van der Waals surface area contributed by atoms with E-state index in [4.69, 9.17) is 4.99 Å². The van der Waals surface area contributed by atoms with Crippen LogP contribution in [0.1, 0.15) is 31.0 Å². The first-order chi connectivity index (χ1) is 13.3. The average Bonchev–Trinajstić information content (AvgIpc) is 3.14. The topological polar surface area (TPSA) is 52.6 Å². The summed E-state index contributed by atoms with van der Waals surface area (Å²) in [7, 11) is 0. The molecule has 1 aliphatic heterocycles. The third-order valence-corrected chi connectivity index (χ3v) is 4.93. The lowest BCUT2D eigenvalue weighted by molar-refractivity contribution is 0.250. The van der Waals surface area contributed by atoms with E-state index in [1.807, 2.05) is 18.3 Å². The van der Waals surface area contributed by atoms with Crippen molar-refractivity contribution in [2.45, 2.75) is 38.8 Å². The zero-order valence-corrected chi connectivity index (χ0v) is 16.3. The number of benzene rings is 1. The van der Waals surface area contributed by atoms with Gasteiger partial charge in [0.15, 0.2) is 5.96 Å². The number of hydrogen-bond acceptors (Lipinski definition) is 3. The van der Waals surface area contributed by atoms with Crippen LogP contribution in [0.3, 0.4) is 0 Å². The van der Waals surface area contributed by atoms with Crippen molar-refractivity contribution >= 4 is 5.96 Å². The maximum Gasteiger partial charge on any atom is 0.191 e. The molecule has 2 N–H and O–H groups in total. The Balaban J connectivity index is 1.50. The number of likely N-dealkylation sites (tertiary alicyclic amines) is 1. The predicted octanol–water partition coefficient (Wildman–Crippen LogP) is 2.84. The third-order valence-electron chi connectivity index (χ3n) is 4.93. The number of nitrogens with one attached hydrogen (secondary N) is 2. The highest BCUT2D eigenvalue weighted by atomic mass is 15.2. The lowest BCUT2D eigenvalue weighted by Crippen LogP contribution is -2.40. The summed E-state index contributed by atoms with van der Waals surface area (Å²) in [4.78, 5) is 11.8. The van der Waals surface area contributed by atoms with Crippen molar-refractivity contribution in [1.82, 2.24) is 20.5 Å². The Morgan fingerprint density at radius 3 is 2.78 bits per heavy atom. The van der Waals surface area contributed by atoms with E-state index in [0.717, 1.165) is 44.3 Å². The van der Waals surface area contributed by atoms with Gasteiger partial charge < -0.3 is 10.6 Å². The van der Waals surface area contributed by atoms with Crippen LogP contribution >= 0.6 is 0 Å². The Morgan fingerprint density at radius 1 is 1.15 bits per heavy atom. The van der Waals surface area contributed by atoms with Gasteiger partial charge in [0.05, 0.1) is 6.54 Å². The number of pyridine rings is 1. The number of aliphatic imine (C=N–C) groups is 1. The molecule has 0 saturated carbocycles. The molecule has 0 spiro atoms. The maximum atomic E-state index is 4.85. The van der Waals surface area contributed by atoms with E-state index in [9.17, 15) is 0 Å². The molecule has 2 aromatic rings. The summed E-state index contributed by atoms with van der Waals surface area (Å²) < 4.78 is 0. The first-order valence-electron chi connectivity index (χ1n) is 10.0. The summed E-state index contributed by atoms with van der Waals surface area (Å²) in [5, 5.41) is 6.80. The van der Waals surface area contributed by atoms with Crippen molar-refractivity contribution in [1.29, 1.82) is 0 Å². The van der Waals surface area contributed by atoms with Crippen molar-refractivity contribution in [3.8, 4) is 0 Å². The lowest BCUT2D eigenvalue weighted by Gasteiger charge is -2.23. The minimum Gasteiger partial charge on any atom is -0.357 e. The van der Waals surface area contributed by atoms with Crippen LogP contribution in [0, 0.1) is 0 Å². The van der Waals surface area contributed by atoms with Crippen molar-refractivity contribution in [2.75, 3.05) is 26.2 Å². The normalized spacial score (nSPS) is 17.8. The summed E-state index contributed by atoms with van der Waals surface area (Å²) in [5.41, 5.74) is 2.49. The Bertz CT molecular complexity index is 686. The number of hydrogen-bond donors (Lipinski definition) is 2. The molecule has 3 rings (SSSR count). The van der Waals surface area contributed by atoms with Crippen LogP contribution in [-0.2, 0) is 13.0 Å². The van der Waals surface area contributed by atoms with Crippen LogP contribution in [0.5, 0.6) is 0 Å². The van der Waals surface area contributed by atoms with Gasteiger partial charge in [-0.05, 0) is 44.0 Å². The first-order valence-corrected chi connectivity index (χ1v) is 10.0. The zero-order chi connectivity index (χ0) is 18.7. The average molecular weight is 366 g/mol. The molecule has 5 nitrogen and oxygen atoms in total. The highest BCUT2D eigenvalue weighted by molar-refractivity contribution is 5.79. The largest absolute Gasteiger partial charge is 0.357 e.